The number of aliphatic carboxylic acids is 1. The largest absolute Gasteiger partial charge is 0.508 e. The molecule has 4 atom stereocenters. The smallest absolute Gasteiger partial charge is 0.326 e. The van der Waals surface area contributed by atoms with Crippen molar-refractivity contribution in [1.82, 2.24) is 16.0 Å². The molecule has 0 radical (unpaired) electrons. The molecule has 0 aliphatic heterocycles. The minimum Gasteiger partial charge on any atom is -0.508 e. The van der Waals surface area contributed by atoms with E-state index in [-0.39, 0.29) is 75.7 Å². The number of aliphatic imine (C=N–C) groups is 2. The number of carbonyl (C=O) groups is 5. The van der Waals surface area contributed by atoms with Crippen molar-refractivity contribution in [3.63, 3.8) is 0 Å². The fourth-order valence-electron chi connectivity index (χ4n) is 3.89. The van der Waals surface area contributed by atoms with Gasteiger partial charge in [-0.25, -0.2) is 4.79 Å². The summed E-state index contributed by atoms with van der Waals surface area (Å²) < 4.78 is 0. The van der Waals surface area contributed by atoms with E-state index >= 15 is 0 Å². The summed E-state index contributed by atoms with van der Waals surface area (Å²) in [4.78, 5) is 70.0. The number of hydrogen-bond donors (Lipinski definition) is 11. The number of nitrogens with two attached hydrogens (primary N) is 6. The van der Waals surface area contributed by atoms with Gasteiger partial charge in [-0.15, -0.1) is 0 Å². The van der Waals surface area contributed by atoms with Gasteiger partial charge in [0.1, 0.15) is 23.9 Å². The molecule has 1 aromatic carbocycles. The Morgan fingerprint density at radius 1 is 0.705 bits per heavy atom. The van der Waals surface area contributed by atoms with E-state index < -0.39 is 53.8 Å². The molecule has 4 unspecified atom stereocenters. The van der Waals surface area contributed by atoms with Crippen molar-refractivity contribution in [3.8, 4) is 5.75 Å². The second kappa shape index (κ2) is 19.1. The number of primary amides is 1. The number of carboxylic acids is 1. The van der Waals surface area contributed by atoms with Gasteiger partial charge in [-0.2, -0.15) is 0 Å². The van der Waals surface area contributed by atoms with Gasteiger partial charge in [-0.05, 0) is 56.2 Å². The highest BCUT2D eigenvalue weighted by Crippen LogP contribution is 2.11. The number of nitrogens with one attached hydrogen (secondary N) is 3. The molecule has 18 nitrogen and oxygen atoms in total. The van der Waals surface area contributed by atoms with Gasteiger partial charge in [0.05, 0.1) is 6.04 Å². The molecule has 0 aromatic heterocycles. The Labute approximate surface area is 254 Å². The summed E-state index contributed by atoms with van der Waals surface area (Å²) in [6, 6.07) is 1.12. The fourth-order valence-corrected chi connectivity index (χ4v) is 3.89. The van der Waals surface area contributed by atoms with Gasteiger partial charge in [-0.3, -0.25) is 29.2 Å². The third-order valence-corrected chi connectivity index (χ3v) is 6.18. The lowest BCUT2D eigenvalue weighted by molar-refractivity contribution is -0.142. The van der Waals surface area contributed by atoms with Gasteiger partial charge in [0.25, 0.3) is 0 Å². The van der Waals surface area contributed by atoms with Crippen molar-refractivity contribution in [3.05, 3.63) is 29.8 Å². The molecule has 0 aliphatic carbocycles. The van der Waals surface area contributed by atoms with Crippen LogP contribution in [-0.2, 0) is 30.4 Å². The van der Waals surface area contributed by atoms with E-state index in [9.17, 15) is 34.2 Å². The van der Waals surface area contributed by atoms with E-state index in [1.165, 1.54) is 12.1 Å². The van der Waals surface area contributed by atoms with Gasteiger partial charge in [-0.1, -0.05) is 12.1 Å². The summed E-state index contributed by atoms with van der Waals surface area (Å²) in [7, 11) is 0. The molecule has 1 aromatic rings. The van der Waals surface area contributed by atoms with Crippen LogP contribution in [0.3, 0.4) is 0 Å². The molecule has 4 amide bonds. The van der Waals surface area contributed by atoms with Crippen LogP contribution in [0.25, 0.3) is 0 Å². The Kier molecular flexibility index (Phi) is 16.0. The summed E-state index contributed by atoms with van der Waals surface area (Å²) in [5.41, 5.74) is 33.2. The van der Waals surface area contributed by atoms with Crippen LogP contribution in [-0.4, -0.2) is 89.0 Å². The monoisotopic (exact) mass is 621 g/mol. The molecule has 0 bridgehead atoms. The molecule has 0 saturated heterocycles. The van der Waals surface area contributed by atoms with E-state index in [2.05, 4.69) is 25.9 Å². The van der Waals surface area contributed by atoms with Crippen LogP contribution >= 0.6 is 0 Å². The summed E-state index contributed by atoms with van der Waals surface area (Å²) in [5, 5.41) is 26.4. The van der Waals surface area contributed by atoms with Gasteiger partial charge in [0, 0.05) is 19.5 Å². The summed E-state index contributed by atoms with van der Waals surface area (Å²) in [6.07, 6.45) is 0.0601. The van der Waals surface area contributed by atoms with Crippen LogP contribution in [0.1, 0.15) is 44.1 Å². The minimum absolute atomic E-state index is 0.00839. The summed E-state index contributed by atoms with van der Waals surface area (Å²) in [5.74, 6) is -4.73. The highest BCUT2D eigenvalue weighted by Gasteiger charge is 2.30. The Balaban J connectivity index is 3.12. The molecule has 0 aliphatic rings. The van der Waals surface area contributed by atoms with Crippen LogP contribution in [0, 0.1) is 0 Å². The molecule has 244 valence electrons. The first kappa shape index (κ1) is 36.9. The van der Waals surface area contributed by atoms with Crippen molar-refractivity contribution in [2.75, 3.05) is 13.1 Å². The number of phenolic OH excluding ortho intramolecular Hbond substituents is 1. The quantitative estimate of drug-likeness (QED) is 0.0379. The van der Waals surface area contributed by atoms with Crippen molar-refractivity contribution in [2.24, 2.45) is 44.4 Å². The Morgan fingerprint density at radius 3 is 1.59 bits per heavy atom. The standard InChI is InChI=1S/C26H43N11O7/c27-16(13-14-5-7-15(38)8-6-14)21(40)35-17(3-1-11-33-25(29)30)22(41)36-18(4-2-12-34-26(31)32)23(42)37-19(24(43)44)9-10-20(28)39/h5-8,16-19,38H,1-4,9-13,27H2,(H2,28,39)(H,35,40)(H,36,41)(H,37,42)(H,43,44)(H4,29,30,33)(H4,31,32,34). The number of carboxylic acid groups (broad SMARTS) is 1. The average Bonchev–Trinajstić information content (AvgIpc) is 2.94. The number of rotatable bonds is 20. The maximum absolute atomic E-state index is 13.4. The molecular weight excluding hydrogens is 578 g/mol. The fraction of sp³-hybridized carbons (Fsp3) is 0.500. The lowest BCUT2D eigenvalue weighted by Crippen LogP contribution is -2.57. The van der Waals surface area contributed by atoms with Crippen LogP contribution in [0.4, 0.5) is 0 Å². The van der Waals surface area contributed by atoms with Gasteiger partial charge >= 0.3 is 5.97 Å². The summed E-state index contributed by atoms with van der Waals surface area (Å²) in [6.45, 7) is 0.251. The van der Waals surface area contributed by atoms with E-state index in [0.29, 0.717) is 5.56 Å². The highest BCUT2D eigenvalue weighted by atomic mass is 16.4. The zero-order valence-corrected chi connectivity index (χ0v) is 24.3. The number of benzene rings is 1. The number of carbonyl (C=O) groups excluding carboxylic acids is 4. The third-order valence-electron chi connectivity index (χ3n) is 6.18. The first-order valence-corrected chi connectivity index (χ1v) is 13.8. The zero-order chi connectivity index (χ0) is 33.2. The van der Waals surface area contributed by atoms with Crippen molar-refractivity contribution < 1.29 is 34.2 Å². The van der Waals surface area contributed by atoms with E-state index in [1.807, 2.05) is 0 Å². The molecule has 18 heteroatoms. The first-order chi connectivity index (χ1) is 20.7. The van der Waals surface area contributed by atoms with Crippen molar-refractivity contribution in [1.29, 1.82) is 0 Å². The number of phenols is 1. The topological polar surface area (TPSA) is 343 Å². The molecule has 0 saturated carbocycles. The van der Waals surface area contributed by atoms with E-state index in [0.717, 1.165) is 0 Å². The second-order valence-electron chi connectivity index (χ2n) is 9.90. The molecule has 44 heavy (non-hydrogen) atoms. The number of nitrogens with zero attached hydrogens (tertiary/aromatic N) is 2. The Hall–Kier alpha value is -5.13. The average molecular weight is 622 g/mol. The molecule has 0 fully saturated rings. The Morgan fingerprint density at radius 2 is 1.16 bits per heavy atom. The second-order valence-corrected chi connectivity index (χ2v) is 9.90. The number of aromatic hydroxyl groups is 1. The van der Waals surface area contributed by atoms with Gasteiger partial charge in [0.15, 0.2) is 11.9 Å². The SMILES string of the molecule is NC(=O)CCC(NC(=O)C(CCCN=C(N)N)NC(=O)C(CCCN=C(N)N)NC(=O)C(N)Cc1ccc(O)cc1)C(=O)O. The van der Waals surface area contributed by atoms with Crippen LogP contribution < -0.4 is 50.4 Å². The minimum atomic E-state index is -1.46. The first-order valence-electron chi connectivity index (χ1n) is 13.8. The normalized spacial score (nSPS) is 13.3. The predicted octanol–water partition coefficient (Wildman–Crippen LogP) is -3.83. The molecule has 0 heterocycles. The van der Waals surface area contributed by atoms with Crippen LogP contribution in [0.2, 0.25) is 0 Å². The molecule has 1 rings (SSSR count). The van der Waals surface area contributed by atoms with Gasteiger partial charge < -0.3 is 60.6 Å². The van der Waals surface area contributed by atoms with Crippen molar-refractivity contribution in [2.45, 2.75) is 69.1 Å². The van der Waals surface area contributed by atoms with Gasteiger partial charge in [0.2, 0.25) is 23.6 Å². The van der Waals surface area contributed by atoms with E-state index in [4.69, 9.17) is 34.4 Å². The van der Waals surface area contributed by atoms with Crippen molar-refractivity contribution >= 4 is 41.5 Å². The van der Waals surface area contributed by atoms with Crippen LogP contribution in [0.5, 0.6) is 5.75 Å². The molecular formula is C26H43N11O7. The van der Waals surface area contributed by atoms with E-state index in [1.54, 1.807) is 12.1 Å². The number of guanidine groups is 2. The third kappa shape index (κ3) is 15.2. The Bertz CT molecular complexity index is 1180. The number of hydrogen-bond acceptors (Lipinski definition) is 9. The predicted molar refractivity (Wildman–Crippen MR) is 161 cm³/mol. The van der Waals surface area contributed by atoms with Crippen LogP contribution in [0.15, 0.2) is 34.3 Å². The lowest BCUT2D eigenvalue weighted by atomic mass is 10.0. The molecule has 17 N–H and O–H groups in total. The lowest BCUT2D eigenvalue weighted by Gasteiger charge is -2.25. The maximum Gasteiger partial charge on any atom is 0.326 e. The summed E-state index contributed by atoms with van der Waals surface area (Å²) >= 11 is 0. The highest BCUT2D eigenvalue weighted by molar-refractivity contribution is 5.94. The number of amides is 4. The maximum atomic E-state index is 13.4. The zero-order valence-electron chi connectivity index (χ0n) is 24.3. The molecule has 0 spiro atoms.